The molecular weight excluding hydrogens is 386 g/mol. The van der Waals surface area contributed by atoms with Crippen molar-refractivity contribution in [1.29, 1.82) is 0 Å². The molecule has 4 aromatic rings. The van der Waals surface area contributed by atoms with E-state index < -0.39 is 0 Å². The molecule has 5 rings (SSSR count). The van der Waals surface area contributed by atoms with E-state index in [4.69, 9.17) is 14.3 Å². The van der Waals surface area contributed by atoms with Crippen LogP contribution in [-0.4, -0.2) is 48.7 Å². The van der Waals surface area contributed by atoms with Crippen LogP contribution in [0.4, 0.5) is 0 Å². The number of rotatable bonds is 2. The summed E-state index contributed by atoms with van der Waals surface area (Å²) in [5, 5.41) is 12.1. The molecule has 1 atom stereocenters. The van der Waals surface area contributed by atoms with Crippen molar-refractivity contribution in [2.45, 2.75) is 19.4 Å². The Hall–Kier alpha value is -3.88. The number of aromatic amines is 1. The van der Waals surface area contributed by atoms with Crippen LogP contribution in [0.25, 0.3) is 11.0 Å². The number of aromatic nitrogens is 4. The van der Waals surface area contributed by atoms with Gasteiger partial charge in [0, 0.05) is 42.2 Å². The summed E-state index contributed by atoms with van der Waals surface area (Å²) in [5.74, 6) is 0.296. The fraction of sp³-hybridized carbons (Fsp3) is 0.238. The zero-order valence-electron chi connectivity index (χ0n) is 16.6. The lowest BCUT2D eigenvalue weighted by molar-refractivity contribution is -0.122. The summed E-state index contributed by atoms with van der Waals surface area (Å²) in [6.45, 7) is 2.71. The van der Waals surface area contributed by atoms with Crippen molar-refractivity contribution < 1.29 is 19.1 Å². The fourth-order valence-electron chi connectivity index (χ4n) is 3.88. The van der Waals surface area contributed by atoms with Crippen LogP contribution >= 0.6 is 0 Å². The van der Waals surface area contributed by atoms with Crippen molar-refractivity contribution >= 4 is 23.3 Å². The van der Waals surface area contributed by atoms with E-state index >= 15 is 0 Å². The topological polar surface area (TPSA) is 117 Å². The van der Waals surface area contributed by atoms with E-state index in [1.807, 2.05) is 55.5 Å². The van der Waals surface area contributed by atoms with Crippen LogP contribution < -0.4 is 0 Å². The molecule has 1 unspecified atom stereocenters. The zero-order valence-corrected chi connectivity index (χ0v) is 16.6. The highest BCUT2D eigenvalue weighted by Crippen LogP contribution is 2.33. The number of nitrogens with one attached hydrogen (secondary N) is 1. The minimum atomic E-state index is -0.250. The first-order chi connectivity index (χ1) is 14.5. The molecule has 2 N–H and O–H groups in total. The summed E-state index contributed by atoms with van der Waals surface area (Å²) in [6, 6.07) is 7.73. The number of amides is 1. The van der Waals surface area contributed by atoms with Crippen LogP contribution in [-0.2, 0) is 18.4 Å². The van der Waals surface area contributed by atoms with Gasteiger partial charge < -0.3 is 19.4 Å². The molecular formula is C21H21N5O4. The molecule has 0 saturated heterocycles. The highest BCUT2D eigenvalue weighted by atomic mass is 16.4. The summed E-state index contributed by atoms with van der Waals surface area (Å²) < 4.78 is 7.66. The average Bonchev–Trinajstić information content (AvgIpc) is 3.46. The highest BCUT2D eigenvalue weighted by molar-refractivity contribution is 5.99. The standard InChI is InChI=1S/C20H19N5O2.CH2O2/c1-12-14-5-3-4-6-17(14)27-19(12)20(26)25-9-15(13-7-23-24(2)8-13)18-16(10-25)21-11-22-18;2-1-3/h3-8,11,15H,9-10H2,1-2H3,(H,21,22);1H,(H,2,3). The quantitative estimate of drug-likeness (QED) is 0.494. The third-order valence-electron chi connectivity index (χ3n) is 5.29. The molecule has 154 valence electrons. The number of hydrogen-bond donors (Lipinski definition) is 2. The molecule has 1 aliphatic heterocycles. The van der Waals surface area contributed by atoms with Crippen LogP contribution in [0.5, 0.6) is 0 Å². The van der Waals surface area contributed by atoms with Gasteiger partial charge in [0.2, 0.25) is 0 Å². The normalized spacial score (nSPS) is 15.4. The van der Waals surface area contributed by atoms with Crippen LogP contribution in [0.2, 0.25) is 0 Å². The van der Waals surface area contributed by atoms with Crippen molar-refractivity contribution in [3.8, 4) is 0 Å². The summed E-state index contributed by atoms with van der Waals surface area (Å²) in [4.78, 5) is 31.1. The molecule has 0 bridgehead atoms. The zero-order chi connectivity index (χ0) is 21.3. The number of imidazole rings is 1. The summed E-state index contributed by atoms with van der Waals surface area (Å²) >= 11 is 0. The molecule has 9 heteroatoms. The van der Waals surface area contributed by atoms with Gasteiger partial charge >= 0.3 is 0 Å². The van der Waals surface area contributed by atoms with E-state index in [0.717, 1.165) is 33.5 Å². The van der Waals surface area contributed by atoms with E-state index in [9.17, 15) is 4.79 Å². The maximum absolute atomic E-state index is 13.3. The molecule has 0 fully saturated rings. The smallest absolute Gasteiger partial charge is 0.290 e. The Labute approximate surface area is 171 Å². The van der Waals surface area contributed by atoms with Gasteiger partial charge in [0.25, 0.3) is 12.4 Å². The Bertz CT molecular complexity index is 1210. The van der Waals surface area contributed by atoms with Gasteiger partial charge in [-0.15, -0.1) is 0 Å². The monoisotopic (exact) mass is 407 g/mol. The van der Waals surface area contributed by atoms with Gasteiger partial charge in [0.15, 0.2) is 5.76 Å². The molecule has 0 spiro atoms. The van der Waals surface area contributed by atoms with Crippen molar-refractivity contribution in [2.75, 3.05) is 6.54 Å². The molecule has 0 aliphatic carbocycles. The second-order valence-corrected chi connectivity index (χ2v) is 7.11. The van der Waals surface area contributed by atoms with Crippen LogP contribution in [0.3, 0.4) is 0 Å². The molecule has 4 heterocycles. The van der Waals surface area contributed by atoms with Gasteiger partial charge in [-0.2, -0.15) is 5.10 Å². The predicted octanol–water partition coefficient (Wildman–Crippen LogP) is 2.69. The van der Waals surface area contributed by atoms with E-state index in [-0.39, 0.29) is 18.3 Å². The first-order valence-electron chi connectivity index (χ1n) is 9.39. The van der Waals surface area contributed by atoms with Gasteiger partial charge in [0.05, 0.1) is 30.5 Å². The van der Waals surface area contributed by atoms with Gasteiger partial charge in [-0.1, -0.05) is 18.2 Å². The van der Waals surface area contributed by atoms with Crippen molar-refractivity contribution in [3.63, 3.8) is 0 Å². The van der Waals surface area contributed by atoms with Gasteiger partial charge in [0.1, 0.15) is 5.58 Å². The van der Waals surface area contributed by atoms with Crippen molar-refractivity contribution in [3.05, 3.63) is 71.3 Å². The Morgan fingerprint density at radius 2 is 2.13 bits per heavy atom. The number of hydrogen-bond acceptors (Lipinski definition) is 5. The predicted molar refractivity (Wildman–Crippen MR) is 108 cm³/mol. The average molecular weight is 407 g/mol. The molecule has 9 nitrogen and oxygen atoms in total. The number of H-pyrrole nitrogens is 1. The molecule has 0 saturated carbocycles. The van der Waals surface area contributed by atoms with Crippen molar-refractivity contribution in [1.82, 2.24) is 24.6 Å². The van der Waals surface area contributed by atoms with E-state index in [1.54, 1.807) is 11.0 Å². The Morgan fingerprint density at radius 1 is 1.37 bits per heavy atom. The third kappa shape index (κ3) is 3.34. The molecule has 1 aliphatic rings. The van der Waals surface area contributed by atoms with Crippen LogP contribution in [0.1, 0.15) is 39.0 Å². The van der Waals surface area contributed by atoms with Gasteiger partial charge in [-0.05, 0) is 13.0 Å². The van der Waals surface area contributed by atoms with E-state index in [1.165, 1.54) is 0 Å². The molecule has 0 radical (unpaired) electrons. The number of aryl methyl sites for hydroxylation is 2. The number of carbonyl (C=O) groups is 2. The minimum absolute atomic E-state index is 0.0117. The molecule has 30 heavy (non-hydrogen) atoms. The number of nitrogens with zero attached hydrogens (tertiary/aromatic N) is 4. The number of benzene rings is 1. The highest BCUT2D eigenvalue weighted by Gasteiger charge is 2.34. The summed E-state index contributed by atoms with van der Waals surface area (Å²) in [6.07, 6.45) is 5.50. The lowest BCUT2D eigenvalue weighted by atomic mass is 9.93. The first kappa shape index (κ1) is 19.4. The van der Waals surface area contributed by atoms with E-state index in [0.29, 0.717) is 18.8 Å². The molecule has 1 aromatic carbocycles. The maximum atomic E-state index is 13.3. The lowest BCUT2D eigenvalue weighted by Crippen LogP contribution is -2.38. The number of furan rings is 1. The number of carboxylic acid groups (broad SMARTS) is 1. The van der Waals surface area contributed by atoms with Gasteiger partial charge in [-0.3, -0.25) is 14.3 Å². The first-order valence-corrected chi connectivity index (χ1v) is 9.39. The largest absolute Gasteiger partial charge is 0.483 e. The minimum Gasteiger partial charge on any atom is -0.483 e. The SMILES string of the molecule is Cc1c(C(=O)N2Cc3[nH]cnc3C(c3cnn(C)c3)C2)oc2ccccc12.O=CO. The third-order valence-corrected chi connectivity index (χ3v) is 5.29. The number of para-hydroxylation sites is 1. The second-order valence-electron chi connectivity index (χ2n) is 7.11. The lowest BCUT2D eigenvalue weighted by Gasteiger charge is -2.31. The van der Waals surface area contributed by atoms with Crippen LogP contribution in [0.15, 0.2) is 47.4 Å². The van der Waals surface area contributed by atoms with E-state index in [2.05, 4.69) is 15.1 Å². The molecule has 3 aromatic heterocycles. The second kappa shape index (κ2) is 7.86. The van der Waals surface area contributed by atoms with Crippen molar-refractivity contribution in [2.24, 2.45) is 7.05 Å². The Balaban J connectivity index is 0.000000687. The van der Waals surface area contributed by atoms with Gasteiger partial charge in [-0.25, -0.2) is 4.98 Å². The summed E-state index contributed by atoms with van der Waals surface area (Å²) in [7, 11) is 1.89. The van der Waals surface area contributed by atoms with Crippen LogP contribution in [0, 0.1) is 6.92 Å². The Morgan fingerprint density at radius 3 is 2.83 bits per heavy atom. The maximum Gasteiger partial charge on any atom is 0.290 e. The Kier molecular flexibility index (Phi) is 5.09. The fourth-order valence-corrected chi connectivity index (χ4v) is 3.88. The molecule has 1 amide bonds. The number of fused-ring (bicyclic) bond motifs is 2. The number of carbonyl (C=O) groups excluding carboxylic acids is 1. The summed E-state index contributed by atoms with van der Waals surface area (Å²) in [5.41, 5.74) is 4.60.